The van der Waals surface area contributed by atoms with E-state index in [1.165, 1.54) is 33.5 Å². The van der Waals surface area contributed by atoms with Gasteiger partial charge in [0.25, 0.3) is 11.8 Å². The van der Waals surface area contributed by atoms with E-state index < -0.39 is 24.5 Å². The zero-order chi connectivity index (χ0) is 19.8. The van der Waals surface area contributed by atoms with Crippen LogP contribution in [-0.4, -0.2) is 82.2 Å². The number of hydrogen-bond donors (Lipinski definition) is 3. The first kappa shape index (κ1) is 20.7. The van der Waals surface area contributed by atoms with Crippen LogP contribution in [0.3, 0.4) is 0 Å². The van der Waals surface area contributed by atoms with Crippen LogP contribution in [0, 0.1) is 0 Å². The Morgan fingerprint density at radius 2 is 1.74 bits per heavy atom. The Labute approximate surface area is 157 Å². The van der Waals surface area contributed by atoms with Crippen molar-refractivity contribution in [3.63, 3.8) is 0 Å². The molecule has 0 spiro atoms. The van der Waals surface area contributed by atoms with Crippen LogP contribution in [0.25, 0.3) is 0 Å². The number of nitrogens with zero attached hydrogens (tertiary/aromatic N) is 1. The number of methoxy groups -OCH3 is 3. The van der Waals surface area contributed by atoms with E-state index in [2.05, 4.69) is 10.7 Å². The van der Waals surface area contributed by atoms with Gasteiger partial charge in [-0.2, -0.15) is 0 Å². The summed E-state index contributed by atoms with van der Waals surface area (Å²) < 4.78 is 20.9. The average Bonchev–Trinajstić information content (AvgIpc) is 2.71. The number of hydrogen-bond acceptors (Lipinski definition) is 8. The smallest absolute Gasteiger partial charge is 0.259 e. The van der Waals surface area contributed by atoms with Gasteiger partial charge < -0.3 is 29.4 Å². The van der Waals surface area contributed by atoms with E-state index in [1.54, 1.807) is 5.01 Å². The first-order valence-corrected chi connectivity index (χ1v) is 8.39. The van der Waals surface area contributed by atoms with Gasteiger partial charge in [-0.05, 0) is 12.1 Å². The van der Waals surface area contributed by atoms with Gasteiger partial charge in [-0.25, -0.2) is 5.01 Å². The fourth-order valence-corrected chi connectivity index (χ4v) is 2.56. The first-order valence-electron chi connectivity index (χ1n) is 8.39. The lowest BCUT2D eigenvalue weighted by atomic mass is 10.1. The molecule has 1 aromatic rings. The predicted octanol–water partition coefficient (Wildman–Crippen LogP) is -0.833. The Bertz CT molecular complexity index is 637. The Balaban J connectivity index is 2.10. The van der Waals surface area contributed by atoms with Crippen molar-refractivity contribution < 1.29 is 33.6 Å². The Hall–Kier alpha value is -2.56. The third kappa shape index (κ3) is 5.22. The summed E-state index contributed by atoms with van der Waals surface area (Å²) in [6.07, 6.45) is 0. The summed E-state index contributed by atoms with van der Waals surface area (Å²) in [6.45, 7) is 1.52. The van der Waals surface area contributed by atoms with E-state index in [-0.39, 0.29) is 5.56 Å². The lowest BCUT2D eigenvalue weighted by Gasteiger charge is -2.28. The number of carbonyl (C=O) groups excluding carboxylic acids is 2. The molecule has 10 heteroatoms. The van der Waals surface area contributed by atoms with Gasteiger partial charge in [-0.3, -0.25) is 15.0 Å². The normalized spacial score (nSPS) is 15.6. The summed E-state index contributed by atoms with van der Waals surface area (Å²) in [7, 11) is 4.33. The van der Waals surface area contributed by atoms with Crippen molar-refractivity contribution in [3.05, 3.63) is 17.7 Å². The summed E-state index contributed by atoms with van der Waals surface area (Å²) in [5.74, 6) is -0.119. The summed E-state index contributed by atoms with van der Waals surface area (Å²) in [5.41, 5.74) is 2.86. The molecule has 1 heterocycles. The molecule has 1 unspecified atom stereocenters. The zero-order valence-electron chi connectivity index (χ0n) is 15.6. The molecule has 1 aliphatic rings. The number of ether oxygens (including phenoxy) is 4. The Morgan fingerprint density at radius 1 is 1.15 bits per heavy atom. The van der Waals surface area contributed by atoms with E-state index in [4.69, 9.17) is 18.9 Å². The van der Waals surface area contributed by atoms with Crippen molar-refractivity contribution >= 4 is 11.8 Å². The third-order valence-corrected chi connectivity index (χ3v) is 4.01. The second-order valence-electron chi connectivity index (χ2n) is 5.70. The molecule has 27 heavy (non-hydrogen) atoms. The van der Waals surface area contributed by atoms with Crippen molar-refractivity contribution in [1.29, 1.82) is 0 Å². The molecule has 1 saturated heterocycles. The topological polar surface area (TPSA) is 119 Å². The molecule has 0 radical (unpaired) electrons. The molecule has 1 fully saturated rings. The quantitative estimate of drug-likeness (QED) is 0.532. The monoisotopic (exact) mass is 383 g/mol. The summed E-state index contributed by atoms with van der Waals surface area (Å²) in [5, 5.41) is 13.7. The molecule has 10 nitrogen and oxygen atoms in total. The van der Waals surface area contributed by atoms with Gasteiger partial charge in [0, 0.05) is 18.7 Å². The third-order valence-electron chi connectivity index (χ3n) is 4.01. The van der Waals surface area contributed by atoms with E-state index >= 15 is 0 Å². The minimum Gasteiger partial charge on any atom is -0.493 e. The largest absolute Gasteiger partial charge is 0.493 e. The first-order chi connectivity index (χ1) is 13.0. The van der Waals surface area contributed by atoms with Gasteiger partial charge in [0.2, 0.25) is 5.75 Å². The Kier molecular flexibility index (Phi) is 7.65. The fourth-order valence-electron chi connectivity index (χ4n) is 2.56. The number of nitrogens with one attached hydrogen (secondary N) is 2. The highest BCUT2D eigenvalue weighted by atomic mass is 16.5. The second-order valence-corrected chi connectivity index (χ2v) is 5.70. The zero-order valence-corrected chi connectivity index (χ0v) is 15.6. The summed E-state index contributed by atoms with van der Waals surface area (Å²) in [4.78, 5) is 24.9. The second kappa shape index (κ2) is 9.95. The highest BCUT2D eigenvalue weighted by Gasteiger charge is 2.25. The van der Waals surface area contributed by atoms with E-state index in [0.29, 0.717) is 43.6 Å². The van der Waals surface area contributed by atoms with Gasteiger partial charge in [-0.15, -0.1) is 0 Å². The van der Waals surface area contributed by atoms with Crippen LogP contribution >= 0.6 is 0 Å². The summed E-state index contributed by atoms with van der Waals surface area (Å²) in [6, 6.07) is 1.81. The SMILES string of the molecule is COc1cc(C(=O)NC(CO)C(=O)NN2CCOCC2)cc(OC)c1OC. The maximum atomic E-state index is 12.6. The highest BCUT2D eigenvalue weighted by Crippen LogP contribution is 2.38. The standard InChI is InChI=1S/C17H25N3O7/c1-24-13-8-11(9-14(25-2)15(13)26-3)16(22)18-12(10-21)17(23)19-20-4-6-27-7-5-20/h8-9,12,21H,4-7,10H2,1-3H3,(H,18,22)(H,19,23). The number of benzene rings is 1. The van der Waals surface area contributed by atoms with E-state index in [9.17, 15) is 14.7 Å². The predicted molar refractivity (Wildman–Crippen MR) is 95.0 cm³/mol. The molecule has 1 atom stereocenters. The fraction of sp³-hybridized carbons (Fsp3) is 0.529. The molecular formula is C17H25N3O7. The number of aliphatic hydroxyl groups is 1. The van der Waals surface area contributed by atoms with Crippen LogP contribution in [-0.2, 0) is 9.53 Å². The molecule has 0 bridgehead atoms. The maximum Gasteiger partial charge on any atom is 0.259 e. The highest BCUT2D eigenvalue weighted by molar-refractivity contribution is 5.98. The summed E-state index contributed by atoms with van der Waals surface area (Å²) >= 11 is 0. The Morgan fingerprint density at radius 3 is 2.22 bits per heavy atom. The van der Waals surface area contributed by atoms with Gasteiger partial charge in [-0.1, -0.05) is 0 Å². The number of aliphatic hydroxyl groups excluding tert-OH is 1. The number of rotatable bonds is 8. The number of carbonyl (C=O) groups is 2. The number of morpholine rings is 1. The number of hydrazine groups is 1. The molecule has 1 aliphatic heterocycles. The lowest BCUT2D eigenvalue weighted by molar-refractivity contribution is -0.130. The molecular weight excluding hydrogens is 358 g/mol. The van der Waals surface area contributed by atoms with Crippen LogP contribution in [0.2, 0.25) is 0 Å². The average molecular weight is 383 g/mol. The van der Waals surface area contributed by atoms with Crippen molar-refractivity contribution in [2.75, 3.05) is 54.2 Å². The van der Waals surface area contributed by atoms with Gasteiger partial charge in [0.1, 0.15) is 6.04 Å². The van der Waals surface area contributed by atoms with E-state index in [0.717, 1.165) is 0 Å². The van der Waals surface area contributed by atoms with Crippen LogP contribution in [0.5, 0.6) is 17.2 Å². The molecule has 2 rings (SSSR count). The lowest BCUT2D eigenvalue weighted by Crippen LogP contribution is -2.56. The van der Waals surface area contributed by atoms with Crippen molar-refractivity contribution in [1.82, 2.24) is 15.8 Å². The van der Waals surface area contributed by atoms with Crippen molar-refractivity contribution in [2.24, 2.45) is 0 Å². The van der Waals surface area contributed by atoms with Crippen LogP contribution in [0.4, 0.5) is 0 Å². The molecule has 150 valence electrons. The maximum absolute atomic E-state index is 12.6. The minimum atomic E-state index is -1.11. The van der Waals surface area contributed by atoms with Crippen LogP contribution in [0.15, 0.2) is 12.1 Å². The van der Waals surface area contributed by atoms with Crippen LogP contribution in [0.1, 0.15) is 10.4 Å². The van der Waals surface area contributed by atoms with Crippen molar-refractivity contribution in [3.8, 4) is 17.2 Å². The van der Waals surface area contributed by atoms with Gasteiger partial charge in [0.05, 0.1) is 41.2 Å². The molecule has 0 aliphatic carbocycles. The molecule has 3 N–H and O–H groups in total. The number of amides is 2. The molecule has 0 saturated carbocycles. The van der Waals surface area contributed by atoms with E-state index in [1.807, 2.05) is 0 Å². The van der Waals surface area contributed by atoms with Gasteiger partial charge in [0.15, 0.2) is 11.5 Å². The molecule has 1 aromatic carbocycles. The molecule has 2 amide bonds. The molecule has 0 aromatic heterocycles. The van der Waals surface area contributed by atoms with Crippen LogP contribution < -0.4 is 25.0 Å². The minimum absolute atomic E-state index is 0.196. The van der Waals surface area contributed by atoms with Gasteiger partial charge >= 0.3 is 0 Å². The van der Waals surface area contributed by atoms with Crippen molar-refractivity contribution in [2.45, 2.75) is 6.04 Å².